The molecule has 1 aromatic heterocycles. The summed E-state index contributed by atoms with van der Waals surface area (Å²) < 4.78 is 5.75. The summed E-state index contributed by atoms with van der Waals surface area (Å²) in [7, 11) is 0. The van der Waals surface area contributed by atoms with Crippen molar-refractivity contribution in [2.45, 2.75) is 27.2 Å². The standard InChI is InChI=1S/C14H19N3O/c1-14(2,3)8-9-18-12-10-6-4-5-7-11(10)16-13(15)17-12/h4-7H,8-9H2,1-3H3,(H2,15,16,17). The number of anilines is 1. The van der Waals surface area contributed by atoms with Gasteiger partial charge in [0.2, 0.25) is 11.8 Å². The molecule has 0 unspecified atom stereocenters. The monoisotopic (exact) mass is 245 g/mol. The van der Waals surface area contributed by atoms with Crippen LogP contribution in [0, 0.1) is 5.41 Å². The molecule has 0 saturated heterocycles. The summed E-state index contributed by atoms with van der Waals surface area (Å²) >= 11 is 0. The van der Waals surface area contributed by atoms with E-state index >= 15 is 0 Å². The Kier molecular flexibility index (Phi) is 3.36. The Hall–Kier alpha value is -1.84. The molecule has 0 atom stereocenters. The molecule has 96 valence electrons. The van der Waals surface area contributed by atoms with Crippen LogP contribution in [-0.2, 0) is 0 Å². The van der Waals surface area contributed by atoms with Gasteiger partial charge in [-0.25, -0.2) is 4.98 Å². The second-order valence-corrected chi connectivity index (χ2v) is 5.56. The molecular weight excluding hydrogens is 226 g/mol. The van der Waals surface area contributed by atoms with Crippen molar-refractivity contribution >= 4 is 16.9 Å². The maximum absolute atomic E-state index is 5.75. The first-order valence-corrected chi connectivity index (χ1v) is 6.11. The highest BCUT2D eigenvalue weighted by atomic mass is 16.5. The first kappa shape index (κ1) is 12.6. The lowest BCUT2D eigenvalue weighted by Crippen LogP contribution is -2.12. The second-order valence-electron chi connectivity index (χ2n) is 5.56. The van der Waals surface area contributed by atoms with Crippen molar-refractivity contribution < 1.29 is 4.74 Å². The third-order valence-electron chi connectivity index (χ3n) is 2.68. The molecule has 0 spiro atoms. The van der Waals surface area contributed by atoms with Gasteiger partial charge in [-0.2, -0.15) is 4.98 Å². The molecule has 2 rings (SSSR count). The summed E-state index contributed by atoms with van der Waals surface area (Å²) in [5.41, 5.74) is 6.74. The first-order chi connectivity index (χ1) is 8.46. The topological polar surface area (TPSA) is 61.0 Å². The molecule has 0 radical (unpaired) electrons. The Labute approximate surface area is 107 Å². The number of rotatable bonds is 3. The van der Waals surface area contributed by atoms with Gasteiger partial charge in [-0.3, -0.25) is 0 Å². The van der Waals surface area contributed by atoms with E-state index in [1.165, 1.54) is 0 Å². The molecule has 4 heteroatoms. The minimum atomic E-state index is 0.244. The Morgan fingerprint density at radius 1 is 1.17 bits per heavy atom. The lowest BCUT2D eigenvalue weighted by molar-refractivity contribution is 0.239. The zero-order valence-electron chi connectivity index (χ0n) is 11.1. The predicted molar refractivity (Wildman–Crippen MR) is 73.5 cm³/mol. The van der Waals surface area contributed by atoms with Crippen molar-refractivity contribution in [3.63, 3.8) is 0 Å². The van der Waals surface area contributed by atoms with E-state index in [1.807, 2.05) is 24.3 Å². The highest BCUT2D eigenvalue weighted by molar-refractivity contribution is 5.84. The number of hydrogen-bond donors (Lipinski definition) is 1. The SMILES string of the molecule is CC(C)(C)CCOc1nc(N)nc2ccccc12. The number of fused-ring (bicyclic) bond motifs is 1. The average molecular weight is 245 g/mol. The fourth-order valence-corrected chi connectivity index (χ4v) is 1.63. The minimum absolute atomic E-state index is 0.244. The second kappa shape index (κ2) is 4.80. The molecule has 0 aliphatic carbocycles. The molecule has 0 saturated carbocycles. The number of nitrogens with zero attached hydrogens (tertiary/aromatic N) is 2. The third-order valence-corrected chi connectivity index (χ3v) is 2.68. The van der Waals surface area contributed by atoms with E-state index in [0.717, 1.165) is 17.3 Å². The molecule has 2 N–H and O–H groups in total. The van der Waals surface area contributed by atoms with Crippen LogP contribution in [0.3, 0.4) is 0 Å². The van der Waals surface area contributed by atoms with E-state index in [1.54, 1.807) is 0 Å². The summed E-state index contributed by atoms with van der Waals surface area (Å²) in [6.45, 7) is 7.18. The van der Waals surface area contributed by atoms with Crippen LogP contribution >= 0.6 is 0 Å². The van der Waals surface area contributed by atoms with Crippen molar-refractivity contribution in [2.24, 2.45) is 5.41 Å². The molecule has 0 fully saturated rings. The highest BCUT2D eigenvalue weighted by Gasteiger charge is 2.12. The molecule has 0 bridgehead atoms. The van der Waals surface area contributed by atoms with Gasteiger partial charge in [0.05, 0.1) is 17.5 Å². The third kappa shape index (κ3) is 3.09. The zero-order valence-corrected chi connectivity index (χ0v) is 11.1. The molecule has 0 aliphatic heterocycles. The Morgan fingerprint density at radius 2 is 1.89 bits per heavy atom. The van der Waals surface area contributed by atoms with Crippen LogP contribution in [0.1, 0.15) is 27.2 Å². The maximum Gasteiger partial charge on any atom is 0.226 e. The van der Waals surface area contributed by atoms with Crippen LogP contribution in [0.2, 0.25) is 0 Å². The number of ether oxygens (including phenoxy) is 1. The fourth-order valence-electron chi connectivity index (χ4n) is 1.63. The van der Waals surface area contributed by atoms with Crippen molar-refractivity contribution in [3.05, 3.63) is 24.3 Å². The van der Waals surface area contributed by atoms with Crippen molar-refractivity contribution in [2.75, 3.05) is 12.3 Å². The summed E-state index contributed by atoms with van der Waals surface area (Å²) in [5, 5.41) is 0.903. The summed E-state index contributed by atoms with van der Waals surface area (Å²) in [5.74, 6) is 0.821. The molecule has 2 aromatic rings. The van der Waals surface area contributed by atoms with Gasteiger partial charge >= 0.3 is 0 Å². The van der Waals surface area contributed by atoms with Gasteiger partial charge in [-0.05, 0) is 24.0 Å². The van der Waals surface area contributed by atoms with E-state index in [9.17, 15) is 0 Å². The number of benzene rings is 1. The Balaban J connectivity index is 2.22. The highest BCUT2D eigenvalue weighted by Crippen LogP contribution is 2.24. The van der Waals surface area contributed by atoms with Crippen molar-refractivity contribution in [1.82, 2.24) is 9.97 Å². The Bertz CT molecular complexity index is 546. The van der Waals surface area contributed by atoms with Gasteiger partial charge in [0.15, 0.2) is 0 Å². The number of nitrogens with two attached hydrogens (primary N) is 1. The van der Waals surface area contributed by atoms with Crippen LogP contribution < -0.4 is 10.5 Å². The molecule has 1 aromatic carbocycles. The van der Waals surface area contributed by atoms with Gasteiger partial charge in [-0.15, -0.1) is 0 Å². The van der Waals surface area contributed by atoms with E-state index in [4.69, 9.17) is 10.5 Å². The maximum atomic E-state index is 5.75. The molecule has 4 nitrogen and oxygen atoms in total. The van der Waals surface area contributed by atoms with Crippen LogP contribution in [0.4, 0.5) is 5.95 Å². The predicted octanol–water partition coefficient (Wildman–Crippen LogP) is 3.03. The van der Waals surface area contributed by atoms with Crippen molar-refractivity contribution in [3.8, 4) is 5.88 Å². The lowest BCUT2D eigenvalue weighted by Gasteiger charge is -2.18. The number of nitrogen functional groups attached to an aromatic ring is 1. The van der Waals surface area contributed by atoms with E-state index < -0.39 is 0 Å². The lowest BCUT2D eigenvalue weighted by atomic mass is 9.93. The Morgan fingerprint density at radius 3 is 2.61 bits per heavy atom. The summed E-state index contributed by atoms with van der Waals surface area (Å²) in [6, 6.07) is 7.72. The average Bonchev–Trinajstić information content (AvgIpc) is 2.27. The molecule has 1 heterocycles. The summed E-state index contributed by atoms with van der Waals surface area (Å²) in [6.07, 6.45) is 0.964. The van der Waals surface area contributed by atoms with Crippen molar-refractivity contribution in [1.29, 1.82) is 0 Å². The summed E-state index contributed by atoms with van der Waals surface area (Å²) in [4.78, 5) is 8.35. The van der Waals surface area contributed by atoms with E-state index in [0.29, 0.717) is 12.5 Å². The van der Waals surface area contributed by atoms with E-state index in [-0.39, 0.29) is 11.4 Å². The fraction of sp³-hybridized carbons (Fsp3) is 0.429. The number of para-hydroxylation sites is 1. The quantitative estimate of drug-likeness (QED) is 0.902. The molecule has 0 amide bonds. The molecular formula is C14H19N3O. The van der Waals surface area contributed by atoms with Gasteiger partial charge in [-0.1, -0.05) is 32.9 Å². The van der Waals surface area contributed by atoms with Gasteiger partial charge in [0, 0.05) is 0 Å². The van der Waals surface area contributed by atoms with Gasteiger partial charge in [0.25, 0.3) is 0 Å². The minimum Gasteiger partial charge on any atom is -0.477 e. The smallest absolute Gasteiger partial charge is 0.226 e. The van der Waals surface area contributed by atoms with E-state index in [2.05, 4.69) is 30.7 Å². The molecule has 0 aliphatic rings. The number of aromatic nitrogens is 2. The van der Waals surface area contributed by atoms with Crippen LogP contribution in [0.25, 0.3) is 10.9 Å². The van der Waals surface area contributed by atoms with Gasteiger partial charge in [0.1, 0.15) is 0 Å². The van der Waals surface area contributed by atoms with Crippen LogP contribution in [0.5, 0.6) is 5.88 Å². The van der Waals surface area contributed by atoms with Crippen LogP contribution in [0.15, 0.2) is 24.3 Å². The zero-order chi connectivity index (χ0) is 13.2. The molecule has 18 heavy (non-hydrogen) atoms. The first-order valence-electron chi connectivity index (χ1n) is 6.11. The van der Waals surface area contributed by atoms with Gasteiger partial charge < -0.3 is 10.5 Å². The number of hydrogen-bond acceptors (Lipinski definition) is 4. The largest absolute Gasteiger partial charge is 0.477 e. The van der Waals surface area contributed by atoms with Crippen LogP contribution in [-0.4, -0.2) is 16.6 Å². The normalized spacial score (nSPS) is 11.7.